The maximum atomic E-state index is 10.4. The average Bonchev–Trinajstić information content (AvgIpc) is 2.04. The van der Waals surface area contributed by atoms with Crippen LogP contribution in [-0.4, -0.2) is 4.92 Å². The highest BCUT2D eigenvalue weighted by Crippen LogP contribution is 2.33. The third kappa shape index (κ3) is 2.06. The maximum Gasteiger partial charge on any atom is 0.285 e. The van der Waals surface area contributed by atoms with E-state index >= 15 is 0 Å². The number of benzene rings is 1. The largest absolute Gasteiger partial charge is 0.285 e. The Morgan fingerprint density at radius 1 is 1.58 bits per heavy atom. The number of halogens is 1. The fourth-order valence-electron chi connectivity index (χ4n) is 0.710. The van der Waals surface area contributed by atoms with Gasteiger partial charge in [-0.1, -0.05) is 22.4 Å². The molecule has 64 valence electrons. The molecule has 0 aromatic heterocycles. The Kier molecular flexibility index (Phi) is 3.25. The molecule has 0 atom stereocenters. The molecule has 0 spiro atoms. The van der Waals surface area contributed by atoms with Crippen molar-refractivity contribution in [2.45, 2.75) is 4.90 Å². The molecule has 1 rings (SSSR count). The molecule has 0 aliphatic carbocycles. The number of nitrogens with zero attached hydrogens (tertiary/aromatic N) is 1. The summed E-state index contributed by atoms with van der Waals surface area (Å²) in [7, 11) is 1.03. The maximum absolute atomic E-state index is 10.4. The predicted octanol–water partition coefficient (Wildman–Crippen LogP) is 3.19. The Morgan fingerprint density at radius 3 is 2.75 bits per heavy atom. The van der Waals surface area contributed by atoms with Crippen molar-refractivity contribution < 1.29 is 4.92 Å². The van der Waals surface area contributed by atoms with Crippen LogP contribution < -0.4 is 0 Å². The summed E-state index contributed by atoms with van der Waals surface area (Å²) in [5.41, 5.74) is -0.0116. The molecular weight excluding hydrogens is 218 g/mol. The molecule has 0 N–H and O–H groups in total. The second-order valence-corrected chi connectivity index (χ2v) is 3.57. The molecule has 3 nitrogen and oxygen atoms in total. The van der Waals surface area contributed by atoms with E-state index in [1.165, 1.54) is 6.07 Å². The number of nitro groups is 1. The van der Waals surface area contributed by atoms with Gasteiger partial charge in [-0.15, -0.1) is 11.7 Å². The van der Waals surface area contributed by atoms with Crippen molar-refractivity contribution in [1.82, 2.24) is 0 Å². The summed E-state index contributed by atoms with van der Waals surface area (Å²) in [6.07, 6.45) is 0. The highest BCUT2D eigenvalue weighted by Gasteiger charge is 2.12. The van der Waals surface area contributed by atoms with E-state index in [-0.39, 0.29) is 5.69 Å². The minimum absolute atomic E-state index is 0.0116. The average molecular weight is 222 g/mol. The van der Waals surface area contributed by atoms with Crippen LogP contribution in [0.5, 0.6) is 0 Å². The Balaban J connectivity index is 3.21. The first-order chi connectivity index (χ1) is 5.65. The Hall–Kier alpha value is -0.390. The Bertz CT molecular complexity index is 318. The van der Waals surface area contributed by atoms with Gasteiger partial charge in [-0.2, -0.15) is 0 Å². The zero-order valence-electron chi connectivity index (χ0n) is 5.73. The monoisotopic (exact) mass is 221 g/mol. The summed E-state index contributed by atoms with van der Waals surface area (Å²) in [5.74, 6) is 0. The number of hydrogen-bond donors (Lipinski definition) is 1. The zero-order valence-corrected chi connectivity index (χ0v) is 8.20. The SMILES string of the molecule is O=[N+]([O-])c1cc(Cl)ccc1SS. The first-order valence-electron chi connectivity index (χ1n) is 2.90. The molecule has 0 saturated heterocycles. The number of nitro benzene ring substituents is 1. The Morgan fingerprint density at radius 2 is 2.25 bits per heavy atom. The molecule has 12 heavy (non-hydrogen) atoms. The summed E-state index contributed by atoms with van der Waals surface area (Å²) in [6.45, 7) is 0. The van der Waals surface area contributed by atoms with Gasteiger partial charge in [0.2, 0.25) is 0 Å². The topological polar surface area (TPSA) is 43.1 Å². The van der Waals surface area contributed by atoms with Gasteiger partial charge in [0.15, 0.2) is 0 Å². The lowest BCUT2D eigenvalue weighted by atomic mass is 10.3. The summed E-state index contributed by atoms with van der Waals surface area (Å²) in [4.78, 5) is 10.4. The highest BCUT2D eigenvalue weighted by atomic mass is 35.5. The highest BCUT2D eigenvalue weighted by molar-refractivity contribution is 8.68. The second-order valence-electron chi connectivity index (χ2n) is 1.96. The van der Waals surface area contributed by atoms with Gasteiger partial charge in [-0.3, -0.25) is 10.1 Å². The fourth-order valence-corrected chi connectivity index (χ4v) is 1.70. The van der Waals surface area contributed by atoms with Gasteiger partial charge >= 0.3 is 0 Å². The smallest absolute Gasteiger partial charge is 0.258 e. The van der Waals surface area contributed by atoms with E-state index in [1.807, 2.05) is 0 Å². The lowest BCUT2D eigenvalue weighted by Crippen LogP contribution is -1.89. The molecule has 0 radical (unpaired) electrons. The molecule has 0 aliphatic rings. The Labute approximate surface area is 83.1 Å². The van der Waals surface area contributed by atoms with Crippen molar-refractivity contribution in [2.24, 2.45) is 0 Å². The zero-order chi connectivity index (χ0) is 9.14. The van der Waals surface area contributed by atoms with Crippen LogP contribution in [0.1, 0.15) is 0 Å². The normalized spacial score (nSPS) is 9.83. The molecule has 0 heterocycles. The molecular formula is C6H4ClNO2S2. The van der Waals surface area contributed by atoms with Gasteiger partial charge in [0.25, 0.3) is 5.69 Å². The van der Waals surface area contributed by atoms with Gasteiger partial charge in [-0.05, 0) is 12.1 Å². The fraction of sp³-hybridized carbons (Fsp3) is 0. The van der Waals surface area contributed by atoms with E-state index in [1.54, 1.807) is 12.1 Å². The molecule has 0 saturated carbocycles. The minimum atomic E-state index is -0.482. The van der Waals surface area contributed by atoms with E-state index in [4.69, 9.17) is 11.6 Å². The van der Waals surface area contributed by atoms with Gasteiger partial charge in [-0.25, -0.2) is 0 Å². The quantitative estimate of drug-likeness (QED) is 0.361. The van der Waals surface area contributed by atoms with Crippen molar-refractivity contribution in [3.05, 3.63) is 33.3 Å². The van der Waals surface area contributed by atoms with Crippen LogP contribution in [0, 0.1) is 10.1 Å². The molecule has 1 aromatic carbocycles. The van der Waals surface area contributed by atoms with E-state index in [0.29, 0.717) is 9.92 Å². The standard InChI is InChI=1S/C6H4ClNO2S2/c7-4-1-2-6(12-11)5(3-4)8(9)10/h1-3,11H. The summed E-state index contributed by atoms with van der Waals surface area (Å²) < 4.78 is 0. The van der Waals surface area contributed by atoms with Crippen LogP contribution >= 0.6 is 34.1 Å². The summed E-state index contributed by atoms with van der Waals surface area (Å²) >= 11 is 9.46. The molecule has 0 bridgehead atoms. The van der Waals surface area contributed by atoms with Gasteiger partial charge < -0.3 is 0 Å². The van der Waals surface area contributed by atoms with Crippen molar-refractivity contribution in [1.29, 1.82) is 0 Å². The number of hydrogen-bond acceptors (Lipinski definition) is 4. The molecule has 0 amide bonds. The van der Waals surface area contributed by atoms with E-state index in [9.17, 15) is 10.1 Å². The van der Waals surface area contributed by atoms with Crippen molar-refractivity contribution in [3.63, 3.8) is 0 Å². The van der Waals surface area contributed by atoms with Gasteiger partial charge in [0.05, 0.1) is 9.82 Å². The lowest BCUT2D eigenvalue weighted by Gasteiger charge is -1.97. The van der Waals surface area contributed by atoms with Crippen LogP contribution in [0.15, 0.2) is 23.1 Å². The third-order valence-electron chi connectivity index (χ3n) is 1.22. The van der Waals surface area contributed by atoms with Crippen LogP contribution in [0.3, 0.4) is 0 Å². The first kappa shape index (κ1) is 9.70. The molecule has 6 heteroatoms. The first-order valence-corrected chi connectivity index (χ1v) is 5.15. The molecule has 1 aromatic rings. The number of thiol groups is 1. The summed E-state index contributed by atoms with van der Waals surface area (Å²) in [6, 6.07) is 4.46. The third-order valence-corrected chi connectivity index (χ3v) is 2.58. The molecule has 0 unspecified atom stereocenters. The molecule has 0 aliphatic heterocycles. The van der Waals surface area contributed by atoms with E-state index in [0.717, 1.165) is 10.8 Å². The van der Waals surface area contributed by atoms with Gasteiger partial charge in [0.1, 0.15) is 0 Å². The van der Waals surface area contributed by atoms with Gasteiger partial charge in [0, 0.05) is 11.1 Å². The van der Waals surface area contributed by atoms with Crippen molar-refractivity contribution in [3.8, 4) is 0 Å². The number of rotatable bonds is 2. The van der Waals surface area contributed by atoms with Crippen molar-refractivity contribution >= 4 is 39.7 Å². The lowest BCUT2D eigenvalue weighted by molar-refractivity contribution is -0.387. The van der Waals surface area contributed by atoms with Crippen LogP contribution in [0.4, 0.5) is 5.69 Å². The van der Waals surface area contributed by atoms with E-state index in [2.05, 4.69) is 11.7 Å². The predicted molar refractivity (Wildman–Crippen MR) is 52.9 cm³/mol. The van der Waals surface area contributed by atoms with Crippen LogP contribution in [-0.2, 0) is 0 Å². The van der Waals surface area contributed by atoms with E-state index < -0.39 is 4.92 Å². The second kappa shape index (κ2) is 4.02. The summed E-state index contributed by atoms with van der Waals surface area (Å²) in [5, 5.41) is 10.8. The minimum Gasteiger partial charge on any atom is -0.258 e. The van der Waals surface area contributed by atoms with Crippen LogP contribution in [0.2, 0.25) is 5.02 Å². The molecule has 0 fully saturated rings. The van der Waals surface area contributed by atoms with Crippen LogP contribution in [0.25, 0.3) is 0 Å². The van der Waals surface area contributed by atoms with Crippen molar-refractivity contribution in [2.75, 3.05) is 0 Å².